The third-order valence-corrected chi connectivity index (χ3v) is 2.28. The Morgan fingerprint density at radius 2 is 2.11 bits per heavy atom. The maximum Gasteiger partial charge on any atom is 0.280 e. The average Bonchev–Trinajstić information content (AvgIpc) is 2.40. The molecule has 0 aliphatic heterocycles. The Balaban J connectivity index is 2.50. The highest BCUT2D eigenvalue weighted by Gasteiger charge is 2.08. The molecule has 0 aliphatic rings. The van der Waals surface area contributed by atoms with Crippen LogP contribution in [-0.2, 0) is 0 Å². The molecule has 0 saturated heterocycles. The van der Waals surface area contributed by atoms with Gasteiger partial charge in [0.1, 0.15) is 11.2 Å². The maximum atomic E-state index is 12.4. The van der Waals surface area contributed by atoms with E-state index in [0.29, 0.717) is 11.2 Å². The SMILES string of the molecule is N#C/N=c1\ccccn1-c1ccc(C(F)F)nc1. The zero-order valence-electron chi connectivity index (χ0n) is 9.16. The first-order valence-electron chi connectivity index (χ1n) is 5.07. The van der Waals surface area contributed by atoms with Gasteiger partial charge in [-0.25, -0.2) is 8.78 Å². The highest BCUT2D eigenvalue weighted by atomic mass is 19.3. The minimum Gasteiger partial charge on any atom is -0.300 e. The number of hydrogen-bond acceptors (Lipinski definition) is 3. The molecule has 0 aliphatic carbocycles. The summed E-state index contributed by atoms with van der Waals surface area (Å²) < 4.78 is 26.3. The second kappa shape index (κ2) is 5.19. The molecule has 90 valence electrons. The summed E-state index contributed by atoms with van der Waals surface area (Å²) in [6.07, 6.45) is 2.09. The molecular weight excluding hydrogens is 238 g/mol. The monoisotopic (exact) mass is 246 g/mol. The van der Waals surface area contributed by atoms with Crippen molar-refractivity contribution in [2.75, 3.05) is 0 Å². The molecule has 4 nitrogen and oxygen atoms in total. The van der Waals surface area contributed by atoms with Crippen molar-refractivity contribution in [3.8, 4) is 11.9 Å². The van der Waals surface area contributed by atoms with E-state index in [1.54, 1.807) is 35.2 Å². The number of pyridine rings is 2. The minimum atomic E-state index is -2.59. The lowest BCUT2D eigenvalue weighted by Crippen LogP contribution is -2.17. The molecule has 18 heavy (non-hydrogen) atoms. The quantitative estimate of drug-likeness (QED) is 0.763. The summed E-state index contributed by atoms with van der Waals surface area (Å²) in [5.74, 6) is 0. The lowest BCUT2D eigenvalue weighted by atomic mass is 10.3. The Morgan fingerprint density at radius 1 is 1.28 bits per heavy atom. The summed E-state index contributed by atoms with van der Waals surface area (Å²) >= 11 is 0. The zero-order valence-corrected chi connectivity index (χ0v) is 9.16. The third-order valence-electron chi connectivity index (χ3n) is 2.28. The molecule has 0 aromatic carbocycles. The summed E-state index contributed by atoms with van der Waals surface area (Å²) in [5, 5.41) is 8.56. The van der Waals surface area contributed by atoms with Crippen LogP contribution in [0.2, 0.25) is 0 Å². The van der Waals surface area contributed by atoms with Crippen LogP contribution in [0.4, 0.5) is 8.78 Å². The van der Waals surface area contributed by atoms with Gasteiger partial charge in [-0.05, 0) is 24.3 Å². The maximum absolute atomic E-state index is 12.4. The van der Waals surface area contributed by atoms with Crippen molar-refractivity contribution >= 4 is 0 Å². The second-order valence-electron chi connectivity index (χ2n) is 3.38. The molecule has 2 heterocycles. The molecule has 2 aromatic rings. The molecule has 0 fully saturated rings. The Morgan fingerprint density at radius 3 is 2.72 bits per heavy atom. The number of halogens is 2. The van der Waals surface area contributed by atoms with Crippen LogP contribution in [0.5, 0.6) is 0 Å². The van der Waals surface area contributed by atoms with Crippen LogP contribution < -0.4 is 5.49 Å². The number of alkyl halides is 2. The number of aromatic nitrogens is 2. The molecule has 0 spiro atoms. The summed E-state index contributed by atoms with van der Waals surface area (Å²) in [6.45, 7) is 0. The van der Waals surface area contributed by atoms with Gasteiger partial charge in [0.15, 0.2) is 0 Å². The number of hydrogen-bond donors (Lipinski definition) is 0. The van der Waals surface area contributed by atoms with Gasteiger partial charge < -0.3 is 0 Å². The van der Waals surface area contributed by atoms with Crippen LogP contribution >= 0.6 is 0 Å². The molecule has 0 saturated carbocycles. The summed E-state index contributed by atoms with van der Waals surface area (Å²) in [4.78, 5) is 7.29. The van der Waals surface area contributed by atoms with E-state index >= 15 is 0 Å². The molecule has 6 heteroatoms. The minimum absolute atomic E-state index is 0.283. The van der Waals surface area contributed by atoms with Crippen molar-refractivity contribution < 1.29 is 8.78 Å². The fourth-order valence-electron chi connectivity index (χ4n) is 1.46. The molecule has 0 unspecified atom stereocenters. The topological polar surface area (TPSA) is 54.0 Å². The van der Waals surface area contributed by atoms with Crippen molar-refractivity contribution in [1.82, 2.24) is 9.55 Å². The highest BCUT2D eigenvalue weighted by Crippen LogP contribution is 2.16. The highest BCUT2D eigenvalue weighted by molar-refractivity contribution is 5.30. The first-order valence-corrected chi connectivity index (χ1v) is 5.07. The Hall–Kier alpha value is -2.55. The number of nitriles is 1. The number of rotatable bonds is 2. The summed E-state index contributed by atoms with van der Waals surface area (Å²) in [5.41, 5.74) is 0.689. The van der Waals surface area contributed by atoms with Crippen molar-refractivity contribution in [3.05, 3.63) is 53.9 Å². The van der Waals surface area contributed by atoms with E-state index < -0.39 is 6.43 Å². The molecule has 0 amide bonds. The van der Waals surface area contributed by atoms with Gasteiger partial charge in [0.05, 0.1) is 11.9 Å². The summed E-state index contributed by atoms with van der Waals surface area (Å²) in [6, 6.07) is 7.87. The fraction of sp³-hybridized carbons (Fsp3) is 0.0833. The first kappa shape index (κ1) is 11.9. The first-order chi connectivity index (χ1) is 8.72. The van der Waals surface area contributed by atoms with E-state index in [0.717, 1.165) is 0 Å². The van der Waals surface area contributed by atoms with E-state index in [-0.39, 0.29) is 5.69 Å². The Labute approximate surface area is 101 Å². The van der Waals surface area contributed by atoms with Gasteiger partial charge in [-0.2, -0.15) is 10.3 Å². The summed E-state index contributed by atoms with van der Waals surface area (Å²) in [7, 11) is 0. The second-order valence-corrected chi connectivity index (χ2v) is 3.38. The van der Waals surface area contributed by atoms with Gasteiger partial charge in [-0.15, -0.1) is 0 Å². The van der Waals surface area contributed by atoms with Crippen molar-refractivity contribution in [1.29, 1.82) is 5.26 Å². The van der Waals surface area contributed by atoms with Gasteiger partial charge in [-0.1, -0.05) is 6.07 Å². The normalized spacial score (nSPS) is 11.6. The van der Waals surface area contributed by atoms with Crippen LogP contribution in [0.15, 0.2) is 47.7 Å². The van der Waals surface area contributed by atoms with Crippen LogP contribution in [0.25, 0.3) is 5.69 Å². The molecule has 0 N–H and O–H groups in total. The third kappa shape index (κ3) is 2.40. The van der Waals surface area contributed by atoms with Crippen LogP contribution in [0.3, 0.4) is 0 Å². The molecule has 0 bridgehead atoms. The lowest BCUT2D eigenvalue weighted by molar-refractivity contribution is 0.146. The molecule has 2 rings (SSSR count). The zero-order chi connectivity index (χ0) is 13.0. The molecular formula is C12H8F2N4. The van der Waals surface area contributed by atoms with Crippen molar-refractivity contribution in [2.24, 2.45) is 4.99 Å². The van der Waals surface area contributed by atoms with E-state index in [9.17, 15) is 8.78 Å². The van der Waals surface area contributed by atoms with Crippen molar-refractivity contribution in [2.45, 2.75) is 6.43 Å². The van der Waals surface area contributed by atoms with Crippen LogP contribution in [0.1, 0.15) is 12.1 Å². The standard InChI is InChI=1S/C12H8F2N4/c13-12(14)10-5-4-9(7-16-10)18-6-2-1-3-11(18)17-8-15/h1-7,12H/b17-11+. The number of nitrogens with zero attached hydrogens (tertiary/aromatic N) is 4. The van der Waals surface area contributed by atoms with Crippen LogP contribution in [0, 0.1) is 11.5 Å². The Kier molecular flexibility index (Phi) is 3.44. The van der Waals surface area contributed by atoms with E-state index in [2.05, 4.69) is 9.98 Å². The van der Waals surface area contributed by atoms with Crippen LogP contribution in [-0.4, -0.2) is 9.55 Å². The smallest absolute Gasteiger partial charge is 0.280 e. The average molecular weight is 246 g/mol. The van der Waals surface area contributed by atoms with E-state index in [4.69, 9.17) is 5.26 Å². The lowest BCUT2D eigenvalue weighted by Gasteiger charge is -2.06. The van der Waals surface area contributed by atoms with Gasteiger partial charge in [0.2, 0.25) is 6.19 Å². The molecule has 0 atom stereocenters. The van der Waals surface area contributed by atoms with E-state index in [1.165, 1.54) is 18.3 Å². The van der Waals surface area contributed by atoms with Gasteiger partial charge in [0.25, 0.3) is 6.43 Å². The van der Waals surface area contributed by atoms with Gasteiger partial charge >= 0.3 is 0 Å². The predicted octanol–water partition coefficient (Wildman–Crippen LogP) is 2.19. The van der Waals surface area contributed by atoms with Gasteiger partial charge in [-0.3, -0.25) is 9.55 Å². The fourth-order valence-corrected chi connectivity index (χ4v) is 1.46. The molecule has 2 aromatic heterocycles. The largest absolute Gasteiger partial charge is 0.300 e. The van der Waals surface area contributed by atoms with Crippen molar-refractivity contribution in [3.63, 3.8) is 0 Å². The molecule has 0 radical (unpaired) electrons. The van der Waals surface area contributed by atoms with E-state index in [1.807, 2.05) is 0 Å². The Bertz CT molecular complexity index is 638. The van der Waals surface area contributed by atoms with Gasteiger partial charge in [0, 0.05) is 6.20 Å². The predicted molar refractivity (Wildman–Crippen MR) is 59.7 cm³/mol.